The summed E-state index contributed by atoms with van der Waals surface area (Å²) in [6.07, 6.45) is -1.48. The first-order valence-corrected chi connectivity index (χ1v) is 18.7. The van der Waals surface area contributed by atoms with Crippen LogP contribution in [0.2, 0.25) is 0 Å². The van der Waals surface area contributed by atoms with Gasteiger partial charge in [0.25, 0.3) is 5.91 Å². The highest BCUT2D eigenvalue weighted by atomic mass is 16.5. The van der Waals surface area contributed by atoms with E-state index in [-0.39, 0.29) is 42.4 Å². The number of carbonyl (C=O) groups excluding carboxylic acids is 1. The number of aromatic nitrogens is 1. The van der Waals surface area contributed by atoms with Crippen molar-refractivity contribution >= 4 is 22.9 Å². The highest BCUT2D eigenvalue weighted by Gasteiger charge is 2.20. The van der Waals surface area contributed by atoms with E-state index < -0.39 is 18.2 Å². The zero-order valence-corrected chi connectivity index (χ0v) is 32.2. The summed E-state index contributed by atoms with van der Waals surface area (Å²) in [5, 5.41) is 37.1. The number of phenolic OH excluding ortho intramolecular Hbond substituents is 1. The van der Waals surface area contributed by atoms with E-state index in [1.807, 2.05) is 78.9 Å². The van der Waals surface area contributed by atoms with Crippen LogP contribution in [0, 0.1) is 0 Å². The van der Waals surface area contributed by atoms with Crippen molar-refractivity contribution in [1.82, 2.24) is 20.5 Å². The first kappa shape index (κ1) is 40.8. The molecule has 0 aliphatic rings. The normalized spacial score (nSPS) is 12.1. The van der Waals surface area contributed by atoms with Gasteiger partial charge in [-0.1, -0.05) is 60.7 Å². The van der Waals surface area contributed by atoms with Gasteiger partial charge in [0, 0.05) is 48.3 Å². The quantitative estimate of drug-likeness (QED) is 0.0524. The number of benzene rings is 5. The minimum absolute atomic E-state index is 0.0785. The van der Waals surface area contributed by atoms with Crippen LogP contribution in [0.3, 0.4) is 0 Å². The number of fused-ring (bicyclic) bond motifs is 1. The third-order valence-electron chi connectivity index (χ3n) is 9.73. The van der Waals surface area contributed by atoms with Gasteiger partial charge in [-0.25, -0.2) is 4.79 Å². The minimum Gasteiger partial charge on any atom is -0.506 e. The van der Waals surface area contributed by atoms with Crippen molar-refractivity contribution in [3.05, 3.63) is 165 Å². The summed E-state index contributed by atoms with van der Waals surface area (Å²) in [7, 11) is 3.15. The average Bonchev–Trinajstić information content (AvgIpc) is 3.24. The van der Waals surface area contributed by atoms with E-state index in [2.05, 4.69) is 15.6 Å². The van der Waals surface area contributed by atoms with E-state index >= 15 is 0 Å². The summed E-state index contributed by atoms with van der Waals surface area (Å²) >= 11 is 0. The van der Waals surface area contributed by atoms with Gasteiger partial charge in [-0.05, 0) is 83.8 Å². The van der Waals surface area contributed by atoms with Crippen molar-refractivity contribution < 1.29 is 39.1 Å². The standard InChI is InChI=1S/C45H46N4O9/c1-56-34-17-16-33(40(25-34)57-2)27-49(23-7-22-46-26-39(51)36-18-20-38(50)43-37(36)19-21-41(52)47-43)44(53)31-14-12-29(13-15-31)28-58-35-11-6-10-32(24-35)42(48-45(54)55)30-8-4-3-5-9-30/h3-6,8-21,24-25,39,42,46,48,50-51H,7,22-23,26-28H2,1-2H3,(H,47,52)(H,54,55)/t39-,42?/m1/s1. The van der Waals surface area contributed by atoms with E-state index in [1.54, 1.807) is 49.5 Å². The Morgan fingerprint density at radius 1 is 0.828 bits per heavy atom. The maximum atomic E-state index is 14.1. The van der Waals surface area contributed by atoms with Crippen LogP contribution < -0.4 is 30.4 Å². The Morgan fingerprint density at radius 2 is 1.60 bits per heavy atom. The molecule has 0 aliphatic heterocycles. The molecule has 6 rings (SSSR count). The van der Waals surface area contributed by atoms with Crippen LogP contribution in [0.4, 0.5) is 4.79 Å². The fraction of sp³-hybridized carbons (Fsp3) is 0.222. The van der Waals surface area contributed by atoms with Gasteiger partial charge in [-0.2, -0.15) is 0 Å². The number of ether oxygens (including phenoxy) is 3. The van der Waals surface area contributed by atoms with Crippen LogP contribution in [0.5, 0.6) is 23.0 Å². The van der Waals surface area contributed by atoms with Crippen molar-refractivity contribution in [2.75, 3.05) is 33.9 Å². The van der Waals surface area contributed by atoms with Gasteiger partial charge in [-0.3, -0.25) is 9.59 Å². The third-order valence-corrected chi connectivity index (χ3v) is 9.73. The molecule has 13 heteroatoms. The number of methoxy groups -OCH3 is 2. The van der Waals surface area contributed by atoms with Crippen LogP contribution in [-0.2, 0) is 13.2 Å². The molecule has 0 spiro atoms. The molecule has 6 aromatic rings. The number of aromatic hydroxyl groups is 1. The first-order valence-electron chi connectivity index (χ1n) is 18.7. The lowest BCUT2D eigenvalue weighted by Crippen LogP contribution is -2.34. The Labute approximate surface area is 335 Å². The molecule has 0 fully saturated rings. The molecule has 58 heavy (non-hydrogen) atoms. The van der Waals surface area contributed by atoms with Crippen molar-refractivity contribution in [3.63, 3.8) is 0 Å². The number of hydrogen-bond acceptors (Lipinski definition) is 9. The molecule has 0 aliphatic carbocycles. The highest BCUT2D eigenvalue weighted by molar-refractivity contribution is 5.94. The zero-order valence-electron chi connectivity index (χ0n) is 32.2. The molecule has 1 aromatic heterocycles. The maximum absolute atomic E-state index is 14.1. The summed E-state index contributed by atoms with van der Waals surface area (Å²) in [6, 6.07) is 34.7. The molecule has 2 amide bonds. The van der Waals surface area contributed by atoms with Crippen LogP contribution in [0.1, 0.15) is 56.7 Å². The lowest BCUT2D eigenvalue weighted by Gasteiger charge is -2.24. The number of carbonyl (C=O) groups is 2. The summed E-state index contributed by atoms with van der Waals surface area (Å²) in [5.41, 5.74) is 4.14. The number of hydrogen-bond donors (Lipinski definition) is 6. The molecule has 5 aromatic carbocycles. The third kappa shape index (κ3) is 10.3. The predicted molar refractivity (Wildman–Crippen MR) is 220 cm³/mol. The van der Waals surface area contributed by atoms with Gasteiger partial charge in [0.2, 0.25) is 5.56 Å². The van der Waals surface area contributed by atoms with E-state index in [0.29, 0.717) is 53.3 Å². The molecule has 1 heterocycles. The van der Waals surface area contributed by atoms with Gasteiger partial charge in [0.05, 0.1) is 31.9 Å². The number of H-pyrrole nitrogens is 1. The lowest BCUT2D eigenvalue weighted by molar-refractivity contribution is 0.0739. The molecule has 0 saturated carbocycles. The molecular weight excluding hydrogens is 741 g/mol. The van der Waals surface area contributed by atoms with Gasteiger partial charge in [0.1, 0.15) is 29.6 Å². The molecule has 300 valence electrons. The SMILES string of the molecule is COc1ccc(CN(CCCNC[C@@H](O)c2ccc(O)c3[nH]c(=O)ccc23)C(=O)c2ccc(COc3cccc(C(NC(=O)O)c4ccccc4)c3)cc2)c(OC)c1. The second-order valence-electron chi connectivity index (χ2n) is 13.6. The van der Waals surface area contributed by atoms with Gasteiger partial charge < -0.3 is 50.0 Å². The van der Waals surface area contributed by atoms with Crippen molar-refractivity contribution in [2.45, 2.75) is 31.7 Å². The number of nitrogens with one attached hydrogen (secondary N) is 3. The van der Waals surface area contributed by atoms with E-state index in [9.17, 15) is 29.7 Å². The fourth-order valence-corrected chi connectivity index (χ4v) is 6.74. The molecule has 13 nitrogen and oxygen atoms in total. The van der Waals surface area contributed by atoms with E-state index in [0.717, 1.165) is 22.3 Å². The zero-order chi connectivity index (χ0) is 41.0. The van der Waals surface area contributed by atoms with E-state index in [1.165, 1.54) is 12.1 Å². The first-order chi connectivity index (χ1) is 28.1. The number of rotatable bonds is 18. The lowest BCUT2D eigenvalue weighted by atomic mass is 9.98. The monoisotopic (exact) mass is 786 g/mol. The Kier molecular flexibility index (Phi) is 13.6. The topological polar surface area (TPSA) is 183 Å². The molecule has 0 saturated heterocycles. The fourth-order valence-electron chi connectivity index (χ4n) is 6.74. The molecular formula is C45H46N4O9. The molecule has 0 radical (unpaired) electrons. The van der Waals surface area contributed by atoms with Gasteiger partial charge in [0.15, 0.2) is 0 Å². The van der Waals surface area contributed by atoms with Crippen LogP contribution in [0.15, 0.2) is 126 Å². The number of nitrogens with zero attached hydrogens (tertiary/aromatic N) is 1. The Morgan fingerprint density at radius 3 is 2.34 bits per heavy atom. The highest BCUT2D eigenvalue weighted by Crippen LogP contribution is 2.30. The summed E-state index contributed by atoms with van der Waals surface area (Å²) < 4.78 is 17.1. The number of aliphatic hydroxyl groups is 1. The summed E-state index contributed by atoms with van der Waals surface area (Å²) in [5.74, 6) is 1.53. The molecule has 1 unspecified atom stereocenters. The number of phenols is 1. The van der Waals surface area contributed by atoms with Crippen molar-refractivity contribution in [2.24, 2.45) is 0 Å². The Balaban J connectivity index is 1.10. The van der Waals surface area contributed by atoms with Crippen LogP contribution >= 0.6 is 0 Å². The largest absolute Gasteiger partial charge is 0.506 e. The van der Waals surface area contributed by atoms with Crippen LogP contribution in [0.25, 0.3) is 10.9 Å². The maximum Gasteiger partial charge on any atom is 0.405 e. The van der Waals surface area contributed by atoms with Crippen molar-refractivity contribution in [3.8, 4) is 23.0 Å². The van der Waals surface area contributed by atoms with Crippen LogP contribution in [-0.4, -0.2) is 71.1 Å². The second-order valence-corrected chi connectivity index (χ2v) is 13.6. The Bertz CT molecular complexity index is 2390. The summed E-state index contributed by atoms with van der Waals surface area (Å²) in [6.45, 7) is 1.59. The second kappa shape index (κ2) is 19.4. The van der Waals surface area contributed by atoms with Gasteiger partial charge >= 0.3 is 6.09 Å². The Hall–Kier alpha value is -6.83. The molecule has 2 atom stereocenters. The molecule has 6 N–H and O–H groups in total. The summed E-state index contributed by atoms with van der Waals surface area (Å²) in [4.78, 5) is 41.8. The van der Waals surface area contributed by atoms with Crippen molar-refractivity contribution in [1.29, 1.82) is 0 Å². The van der Waals surface area contributed by atoms with E-state index in [4.69, 9.17) is 14.2 Å². The number of carboxylic acid groups (broad SMARTS) is 1. The molecule has 0 bridgehead atoms. The smallest absolute Gasteiger partial charge is 0.405 e. The minimum atomic E-state index is -1.13. The number of pyridine rings is 1. The average molecular weight is 787 g/mol. The number of aliphatic hydroxyl groups excluding tert-OH is 1. The number of aromatic amines is 1. The van der Waals surface area contributed by atoms with Gasteiger partial charge in [-0.15, -0.1) is 0 Å². The predicted octanol–water partition coefficient (Wildman–Crippen LogP) is 6.54. The number of amides is 2.